The summed E-state index contributed by atoms with van der Waals surface area (Å²) in [4.78, 5) is 17.5. The molecule has 19 heavy (non-hydrogen) atoms. The van der Waals surface area contributed by atoms with Crippen LogP contribution < -0.4 is 16.4 Å². The van der Waals surface area contributed by atoms with Crippen molar-refractivity contribution < 1.29 is 9.53 Å². The zero-order valence-electron chi connectivity index (χ0n) is 11.1. The number of nitrogens with zero attached hydrogens (tertiary/aromatic N) is 2. The van der Waals surface area contributed by atoms with Gasteiger partial charge in [-0.25, -0.2) is 4.98 Å². The maximum Gasteiger partial charge on any atom is 0.250 e. The predicted molar refractivity (Wildman–Crippen MR) is 73.0 cm³/mol. The fraction of sp³-hybridized carbons (Fsp3) is 0.538. The van der Waals surface area contributed by atoms with Crippen LogP contribution in [0.2, 0.25) is 0 Å². The van der Waals surface area contributed by atoms with E-state index in [-0.39, 0.29) is 12.1 Å². The molecule has 0 spiro atoms. The van der Waals surface area contributed by atoms with Gasteiger partial charge in [-0.2, -0.15) is 0 Å². The minimum atomic E-state index is -0.465. The van der Waals surface area contributed by atoms with E-state index in [1.54, 1.807) is 13.2 Å². The number of piperidine rings is 1. The lowest BCUT2D eigenvalue weighted by molar-refractivity contribution is 0.0708. The summed E-state index contributed by atoms with van der Waals surface area (Å²) in [7, 11) is 1.73. The summed E-state index contributed by atoms with van der Waals surface area (Å²) in [6, 6.07) is 3.72. The number of carbonyl (C=O) groups excluding carboxylic acids is 1. The van der Waals surface area contributed by atoms with Crippen LogP contribution in [0.5, 0.6) is 0 Å². The molecule has 1 amide bonds. The van der Waals surface area contributed by atoms with Crippen LogP contribution in [0.25, 0.3) is 0 Å². The molecule has 0 radical (unpaired) electrons. The van der Waals surface area contributed by atoms with Crippen LogP contribution in [0, 0.1) is 0 Å². The fourth-order valence-electron chi connectivity index (χ4n) is 2.46. The van der Waals surface area contributed by atoms with Gasteiger partial charge in [-0.15, -0.1) is 0 Å². The van der Waals surface area contributed by atoms with Gasteiger partial charge in [-0.1, -0.05) is 0 Å². The molecular weight excluding hydrogens is 244 g/mol. The molecule has 1 saturated heterocycles. The van der Waals surface area contributed by atoms with Crippen molar-refractivity contribution in [2.45, 2.75) is 25.0 Å². The Morgan fingerprint density at radius 2 is 2.37 bits per heavy atom. The lowest BCUT2D eigenvalue weighted by Crippen LogP contribution is -2.49. The number of amides is 1. The monoisotopic (exact) mass is 264 g/mol. The second kappa shape index (κ2) is 5.99. The maximum atomic E-state index is 11.0. The van der Waals surface area contributed by atoms with E-state index in [1.165, 1.54) is 6.20 Å². The third-order valence-electron chi connectivity index (χ3n) is 3.60. The molecule has 0 bridgehead atoms. The summed E-state index contributed by atoms with van der Waals surface area (Å²) >= 11 is 0. The smallest absolute Gasteiger partial charge is 0.250 e. The highest BCUT2D eigenvalue weighted by molar-refractivity contribution is 5.92. The number of methoxy groups -OCH3 is 1. The van der Waals surface area contributed by atoms with Crippen molar-refractivity contribution in [3.05, 3.63) is 23.9 Å². The number of anilines is 1. The Morgan fingerprint density at radius 3 is 2.89 bits per heavy atom. The number of nitrogens with two attached hydrogens (primary N) is 2. The Kier molecular flexibility index (Phi) is 4.34. The number of hydrogen-bond donors (Lipinski definition) is 2. The van der Waals surface area contributed by atoms with E-state index in [0.717, 1.165) is 25.2 Å². The second-order valence-corrected chi connectivity index (χ2v) is 4.73. The van der Waals surface area contributed by atoms with Crippen LogP contribution in [0.4, 0.5) is 5.82 Å². The number of rotatable bonds is 4. The number of aromatic nitrogens is 1. The van der Waals surface area contributed by atoms with Gasteiger partial charge in [0.05, 0.1) is 11.7 Å². The summed E-state index contributed by atoms with van der Waals surface area (Å²) in [6.07, 6.45) is 3.61. The lowest BCUT2D eigenvalue weighted by atomic mass is 9.99. The number of pyridine rings is 1. The summed E-state index contributed by atoms with van der Waals surface area (Å²) in [5.74, 6) is 0.363. The average molecular weight is 264 g/mol. The van der Waals surface area contributed by atoms with Gasteiger partial charge in [-0.05, 0) is 25.0 Å². The molecule has 1 aliphatic rings. The molecule has 6 nitrogen and oxygen atoms in total. The van der Waals surface area contributed by atoms with E-state index in [9.17, 15) is 4.79 Å². The van der Waals surface area contributed by atoms with Gasteiger partial charge in [0.1, 0.15) is 5.82 Å². The van der Waals surface area contributed by atoms with Gasteiger partial charge in [0.25, 0.3) is 0 Å². The van der Waals surface area contributed by atoms with Crippen molar-refractivity contribution in [3.63, 3.8) is 0 Å². The average Bonchev–Trinajstić information content (AvgIpc) is 2.46. The molecule has 4 N–H and O–H groups in total. The summed E-state index contributed by atoms with van der Waals surface area (Å²) in [5.41, 5.74) is 11.4. The molecule has 1 fully saturated rings. The van der Waals surface area contributed by atoms with E-state index in [0.29, 0.717) is 12.1 Å². The van der Waals surface area contributed by atoms with Crippen LogP contribution in [-0.4, -0.2) is 43.2 Å². The van der Waals surface area contributed by atoms with E-state index >= 15 is 0 Å². The van der Waals surface area contributed by atoms with E-state index in [1.807, 2.05) is 6.07 Å². The molecule has 1 aromatic rings. The molecule has 2 heterocycles. The third-order valence-corrected chi connectivity index (χ3v) is 3.60. The van der Waals surface area contributed by atoms with Crippen LogP contribution in [0.3, 0.4) is 0 Å². The summed E-state index contributed by atoms with van der Waals surface area (Å²) in [6.45, 7) is 1.41. The maximum absolute atomic E-state index is 11.0. The molecule has 104 valence electrons. The molecule has 1 aromatic heterocycles. The van der Waals surface area contributed by atoms with Crippen LogP contribution >= 0.6 is 0 Å². The van der Waals surface area contributed by atoms with Crippen LogP contribution in [0.15, 0.2) is 18.3 Å². The highest BCUT2D eigenvalue weighted by Gasteiger charge is 2.28. The molecule has 0 aliphatic carbocycles. The van der Waals surface area contributed by atoms with Crippen molar-refractivity contribution in [1.82, 2.24) is 4.98 Å². The highest BCUT2D eigenvalue weighted by Crippen LogP contribution is 2.24. The standard InChI is InChI=1S/C13H20N4O2/c1-19-11-4-5-17(10(6-11)7-14)12-3-2-9(8-16-12)13(15)18/h2-3,8,10-11H,4-7,14H2,1H3,(H2,15,18). The van der Waals surface area contributed by atoms with Gasteiger partial charge >= 0.3 is 0 Å². The van der Waals surface area contributed by atoms with Crippen molar-refractivity contribution in [3.8, 4) is 0 Å². The first-order valence-corrected chi connectivity index (χ1v) is 6.41. The Hall–Kier alpha value is -1.66. The normalized spacial score (nSPS) is 23.4. The minimum absolute atomic E-state index is 0.214. The zero-order chi connectivity index (χ0) is 13.8. The quantitative estimate of drug-likeness (QED) is 0.805. The second-order valence-electron chi connectivity index (χ2n) is 4.73. The largest absolute Gasteiger partial charge is 0.381 e. The van der Waals surface area contributed by atoms with Crippen molar-refractivity contribution >= 4 is 11.7 Å². The van der Waals surface area contributed by atoms with Crippen molar-refractivity contribution in [2.24, 2.45) is 11.5 Å². The van der Waals surface area contributed by atoms with E-state index in [2.05, 4.69) is 9.88 Å². The van der Waals surface area contributed by atoms with Gasteiger partial charge in [0.15, 0.2) is 0 Å². The third kappa shape index (κ3) is 3.02. The molecule has 0 aromatic carbocycles. The summed E-state index contributed by atoms with van der Waals surface area (Å²) in [5, 5.41) is 0. The van der Waals surface area contributed by atoms with Crippen LogP contribution in [-0.2, 0) is 4.74 Å². The lowest BCUT2D eigenvalue weighted by Gasteiger charge is -2.39. The van der Waals surface area contributed by atoms with Crippen LogP contribution in [0.1, 0.15) is 23.2 Å². The Bertz CT molecular complexity index is 435. The molecule has 0 saturated carbocycles. The topological polar surface area (TPSA) is 94.5 Å². The number of ether oxygens (including phenoxy) is 1. The van der Waals surface area contributed by atoms with Crippen molar-refractivity contribution in [1.29, 1.82) is 0 Å². The highest BCUT2D eigenvalue weighted by atomic mass is 16.5. The van der Waals surface area contributed by atoms with Gasteiger partial charge in [0.2, 0.25) is 5.91 Å². The Morgan fingerprint density at radius 1 is 1.58 bits per heavy atom. The van der Waals surface area contributed by atoms with Gasteiger partial charge < -0.3 is 21.1 Å². The molecule has 2 unspecified atom stereocenters. The first-order chi connectivity index (χ1) is 9.15. The van der Waals surface area contributed by atoms with E-state index < -0.39 is 5.91 Å². The van der Waals surface area contributed by atoms with E-state index in [4.69, 9.17) is 16.2 Å². The SMILES string of the molecule is COC1CCN(c2ccc(C(N)=O)cn2)C(CN)C1. The summed E-state index contributed by atoms with van der Waals surface area (Å²) < 4.78 is 5.39. The minimum Gasteiger partial charge on any atom is -0.381 e. The molecule has 2 atom stereocenters. The zero-order valence-corrected chi connectivity index (χ0v) is 11.1. The van der Waals surface area contributed by atoms with Gasteiger partial charge in [-0.3, -0.25) is 4.79 Å². The Labute approximate surface area is 112 Å². The fourth-order valence-corrected chi connectivity index (χ4v) is 2.46. The predicted octanol–water partition coefficient (Wildman–Crippen LogP) is 0.123. The first-order valence-electron chi connectivity index (χ1n) is 6.41. The Balaban J connectivity index is 2.13. The van der Waals surface area contributed by atoms with Gasteiger partial charge in [0, 0.05) is 32.4 Å². The number of carbonyl (C=O) groups is 1. The van der Waals surface area contributed by atoms with Crippen molar-refractivity contribution in [2.75, 3.05) is 25.1 Å². The molecule has 2 rings (SSSR count). The molecule has 1 aliphatic heterocycles. The number of hydrogen-bond acceptors (Lipinski definition) is 5. The molecule has 6 heteroatoms. The first kappa shape index (κ1) is 13.8. The molecular formula is C13H20N4O2. The number of primary amides is 1.